The van der Waals surface area contributed by atoms with Gasteiger partial charge in [-0.3, -0.25) is 0 Å². The van der Waals surface area contributed by atoms with Gasteiger partial charge in [-0.25, -0.2) is 0 Å². The van der Waals surface area contributed by atoms with Crippen LogP contribution in [0.2, 0.25) is 0 Å². The minimum Gasteiger partial charge on any atom is -0.394 e. The van der Waals surface area contributed by atoms with Crippen molar-refractivity contribution in [3.63, 3.8) is 0 Å². The normalized spacial score (nSPS) is 51.7. The summed E-state index contributed by atoms with van der Waals surface area (Å²) in [7, 11) is 0. The highest BCUT2D eigenvalue weighted by Gasteiger charge is 2.66. The van der Waals surface area contributed by atoms with Gasteiger partial charge in [0.2, 0.25) is 0 Å². The highest BCUT2D eigenvalue weighted by Crippen LogP contribution is 2.66. The van der Waals surface area contributed by atoms with Crippen LogP contribution in [-0.2, 0) is 0 Å². The van der Waals surface area contributed by atoms with Gasteiger partial charge in [0.15, 0.2) is 0 Å². The van der Waals surface area contributed by atoms with Gasteiger partial charge in [0.1, 0.15) is 6.10 Å². The molecule has 0 heterocycles. The Morgan fingerprint density at radius 3 is 2.58 bits per heavy atom. The first-order valence-electron chi connectivity index (χ1n) is 9.96. The zero-order valence-corrected chi connectivity index (χ0v) is 15.7. The van der Waals surface area contributed by atoms with Gasteiger partial charge in [-0.15, -0.1) is 0 Å². The molecule has 5 nitrogen and oxygen atoms in total. The van der Waals surface area contributed by atoms with Crippen molar-refractivity contribution in [2.75, 3.05) is 6.61 Å². The second-order valence-corrected chi connectivity index (χ2v) is 9.55. The molecular weight excluding hydrogens is 332 g/mol. The third kappa shape index (κ3) is 2.21. The van der Waals surface area contributed by atoms with E-state index in [1.807, 2.05) is 6.92 Å². The highest BCUT2D eigenvalue weighted by molar-refractivity contribution is 5.41. The first-order valence-corrected chi connectivity index (χ1v) is 9.96. The lowest BCUT2D eigenvalue weighted by Crippen LogP contribution is -2.60. The summed E-state index contributed by atoms with van der Waals surface area (Å²) in [5.41, 5.74) is 0.200. The SMILES string of the molecule is C[C@]12CC[C@H](O)CC1=CC=C1[C@@H]2[C@H](O)C[C@@]2(C)[C@H]1CC[C@]2(O)[C@@H](O)CO. The molecule has 0 aromatic rings. The Balaban J connectivity index is 1.77. The summed E-state index contributed by atoms with van der Waals surface area (Å²) < 4.78 is 0. The molecule has 0 unspecified atom stereocenters. The van der Waals surface area contributed by atoms with Crippen molar-refractivity contribution in [2.24, 2.45) is 22.7 Å². The van der Waals surface area contributed by atoms with Crippen molar-refractivity contribution >= 4 is 0 Å². The molecule has 4 rings (SSSR count). The van der Waals surface area contributed by atoms with E-state index in [4.69, 9.17) is 0 Å². The fourth-order valence-electron chi connectivity index (χ4n) is 6.85. The van der Waals surface area contributed by atoms with Crippen molar-refractivity contribution in [3.8, 4) is 0 Å². The number of allylic oxidation sites excluding steroid dienone is 2. The average Bonchev–Trinajstić information content (AvgIpc) is 2.86. The van der Waals surface area contributed by atoms with E-state index in [0.29, 0.717) is 19.3 Å². The molecule has 0 bridgehead atoms. The molecule has 26 heavy (non-hydrogen) atoms. The maximum Gasteiger partial charge on any atom is 0.106 e. The van der Waals surface area contributed by atoms with Crippen molar-refractivity contribution in [3.05, 3.63) is 23.3 Å². The number of fused-ring (bicyclic) bond motifs is 5. The van der Waals surface area contributed by atoms with Crippen molar-refractivity contribution < 1.29 is 25.5 Å². The molecule has 0 aromatic carbocycles. The van der Waals surface area contributed by atoms with E-state index in [-0.39, 0.29) is 23.4 Å². The molecule has 4 aliphatic rings. The predicted molar refractivity (Wildman–Crippen MR) is 97.1 cm³/mol. The van der Waals surface area contributed by atoms with Gasteiger partial charge < -0.3 is 25.5 Å². The third-order valence-electron chi connectivity index (χ3n) is 8.43. The number of hydrogen-bond acceptors (Lipinski definition) is 5. The Morgan fingerprint density at radius 2 is 1.88 bits per heavy atom. The fraction of sp³-hybridized carbons (Fsp3) is 0.810. The Labute approximate surface area is 155 Å². The van der Waals surface area contributed by atoms with Crippen LogP contribution in [0.25, 0.3) is 0 Å². The van der Waals surface area contributed by atoms with Gasteiger partial charge in [-0.05, 0) is 49.9 Å². The van der Waals surface area contributed by atoms with E-state index in [0.717, 1.165) is 19.3 Å². The van der Waals surface area contributed by atoms with Gasteiger partial charge >= 0.3 is 0 Å². The first kappa shape index (κ1) is 18.6. The maximum absolute atomic E-state index is 11.3. The Bertz CT molecular complexity index is 657. The van der Waals surface area contributed by atoms with E-state index in [2.05, 4.69) is 19.1 Å². The molecule has 4 aliphatic carbocycles. The Kier molecular flexibility index (Phi) is 4.22. The van der Waals surface area contributed by atoms with Crippen LogP contribution in [-0.4, -0.2) is 56.1 Å². The van der Waals surface area contributed by atoms with Crippen LogP contribution in [0, 0.1) is 22.7 Å². The van der Waals surface area contributed by atoms with Gasteiger partial charge in [0.05, 0.1) is 24.4 Å². The minimum atomic E-state index is -1.38. The van der Waals surface area contributed by atoms with Gasteiger partial charge in [-0.1, -0.05) is 37.1 Å². The molecule has 0 radical (unpaired) electrons. The molecule has 146 valence electrons. The second kappa shape index (κ2) is 5.89. The summed E-state index contributed by atoms with van der Waals surface area (Å²) in [4.78, 5) is 0. The van der Waals surface area contributed by atoms with Gasteiger partial charge in [-0.2, -0.15) is 0 Å². The summed E-state index contributed by atoms with van der Waals surface area (Å²) >= 11 is 0. The smallest absolute Gasteiger partial charge is 0.106 e. The summed E-state index contributed by atoms with van der Waals surface area (Å²) in [6.07, 6.45) is 5.97. The lowest BCUT2D eigenvalue weighted by molar-refractivity contribution is -0.179. The Hall–Kier alpha value is -0.720. The molecule has 3 saturated carbocycles. The van der Waals surface area contributed by atoms with Crippen LogP contribution >= 0.6 is 0 Å². The molecule has 0 aliphatic heterocycles. The number of aliphatic hydroxyl groups is 5. The topological polar surface area (TPSA) is 101 Å². The summed E-state index contributed by atoms with van der Waals surface area (Å²) in [5.74, 6) is 0.0882. The third-order valence-corrected chi connectivity index (χ3v) is 8.43. The number of aliphatic hydroxyl groups excluding tert-OH is 4. The minimum absolute atomic E-state index is 0.00157. The molecule has 5 N–H and O–H groups in total. The summed E-state index contributed by atoms with van der Waals surface area (Å²) in [6, 6.07) is 0. The van der Waals surface area contributed by atoms with E-state index >= 15 is 0 Å². The first-order chi connectivity index (χ1) is 12.2. The molecule has 8 atom stereocenters. The van der Waals surface area contributed by atoms with E-state index in [9.17, 15) is 25.5 Å². The van der Waals surface area contributed by atoms with E-state index < -0.39 is 29.8 Å². The Morgan fingerprint density at radius 1 is 1.15 bits per heavy atom. The molecule has 5 heteroatoms. The van der Waals surface area contributed by atoms with Crippen LogP contribution in [0.3, 0.4) is 0 Å². The van der Waals surface area contributed by atoms with Crippen molar-refractivity contribution in [1.82, 2.24) is 0 Å². The quantitative estimate of drug-likeness (QED) is 0.508. The van der Waals surface area contributed by atoms with Crippen LogP contribution < -0.4 is 0 Å². The monoisotopic (exact) mass is 364 g/mol. The number of hydrogen-bond donors (Lipinski definition) is 5. The molecule has 0 aromatic heterocycles. The zero-order valence-electron chi connectivity index (χ0n) is 15.7. The lowest BCUT2D eigenvalue weighted by atomic mass is 9.48. The number of rotatable bonds is 2. The predicted octanol–water partition coefficient (Wildman–Crippen LogP) is 1.29. The van der Waals surface area contributed by atoms with Crippen LogP contribution in [0.15, 0.2) is 23.3 Å². The van der Waals surface area contributed by atoms with Crippen LogP contribution in [0.4, 0.5) is 0 Å². The van der Waals surface area contributed by atoms with Crippen molar-refractivity contribution in [2.45, 2.75) is 76.3 Å². The molecule has 0 saturated heterocycles. The van der Waals surface area contributed by atoms with Crippen molar-refractivity contribution in [1.29, 1.82) is 0 Å². The fourth-order valence-corrected chi connectivity index (χ4v) is 6.85. The van der Waals surface area contributed by atoms with E-state index in [1.54, 1.807) is 0 Å². The standard InChI is InChI=1S/C21H32O5/c1-19-7-5-13(23)9-12(19)3-4-14-15-6-8-21(26,17(25)11-22)20(15,2)10-16(24)18(14)19/h3-4,13,15-18,22-26H,5-11H2,1-2H3/t13-,15-,16+,17-,18+,19-,20-,21-/m0/s1. The zero-order chi connectivity index (χ0) is 18.9. The van der Waals surface area contributed by atoms with Gasteiger partial charge in [0.25, 0.3) is 0 Å². The molecule has 0 amide bonds. The largest absolute Gasteiger partial charge is 0.394 e. The van der Waals surface area contributed by atoms with E-state index in [1.165, 1.54) is 11.1 Å². The summed E-state index contributed by atoms with van der Waals surface area (Å²) in [6.45, 7) is 3.69. The second-order valence-electron chi connectivity index (χ2n) is 9.55. The summed E-state index contributed by atoms with van der Waals surface area (Å²) in [5, 5.41) is 52.3. The van der Waals surface area contributed by atoms with Crippen LogP contribution in [0.5, 0.6) is 0 Å². The average molecular weight is 364 g/mol. The van der Waals surface area contributed by atoms with Gasteiger partial charge in [0, 0.05) is 11.3 Å². The van der Waals surface area contributed by atoms with Crippen LogP contribution in [0.1, 0.15) is 52.4 Å². The molecular formula is C21H32O5. The molecule has 0 spiro atoms. The maximum atomic E-state index is 11.3. The molecule has 3 fully saturated rings. The lowest BCUT2D eigenvalue weighted by Gasteiger charge is -2.58. The highest BCUT2D eigenvalue weighted by atomic mass is 16.4.